The second-order valence-corrected chi connectivity index (χ2v) is 6.37. The molecule has 0 radical (unpaired) electrons. The lowest BCUT2D eigenvalue weighted by atomic mass is 10.1. The van der Waals surface area contributed by atoms with Gasteiger partial charge in [0.1, 0.15) is 17.1 Å². The van der Waals surface area contributed by atoms with E-state index in [1.54, 1.807) is 12.1 Å². The fraction of sp³-hybridized carbons (Fsp3) is 0.158. The highest BCUT2D eigenvalue weighted by Crippen LogP contribution is 2.25. The summed E-state index contributed by atoms with van der Waals surface area (Å²) in [5.41, 5.74) is 1.01. The van der Waals surface area contributed by atoms with Crippen molar-refractivity contribution in [2.45, 2.75) is 19.8 Å². The fourth-order valence-electron chi connectivity index (χ4n) is 2.57. The largest absolute Gasteiger partial charge is 0.423 e. The van der Waals surface area contributed by atoms with Gasteiger partial charge in [0.05, 0.1) is 5.56 Å². The molecular weight excluding hydrogens is 391 g/mol. The number of benzene rings is 2. The topological polar surface area (TPSA) is 56.5 Å². The molecule has 1 aromatic heterocycles. The zero-order valence-electron chi connectivity index (χ0n) is 13.3. The van der Waals surface area contributed by atoms with Gasteiger partial charge in [0.2, 0.25) is 0 Å². The van der Waals surface area contributed by atoms with Crippen LogP contribution in [0.1, 0.15) is 29.3 Å². The zero-order valence-corrected chi connectivity index (χ0v) is 14.9. The maximum Gasteiger partial charge on any atom is 0.344 e. The summed E-state index contributed by atoms with van der Waals surface area (Å²) < 4.78 is 24.0. The second-order valence-electron chi connectivity index (χ2n) is 5.51. The maximum atomic E-state index is 13.1. The number of ether oxygens (including phenoxy) is 1. The molecule has 25 heavy (non-hydrogen) atoms. The number of carbonyl (C=O) groups is 1. The number of hydrogen-bond donors (Lipinski definition) is 0. The van der Waals surface area contributed by atoms with Crippen molar-refractivity contribution in [3.63, 3.8) is 0 Å². The highest BCUT2D eigenvalue weighted by atomic mass is 79.9. The van der Waals surface area contributed by atoms with E-state index in [9.17, 15) is 14.0 Å². The number of hydrogen-bond acceptors (Lipinski definition) is 4. The Morgan fingerprint density at radius 2 is 2.00 bits per heavy atom. The maximum absolute atomic E-state index is 13.1. The van der Waals surface area contributed by atoms with Crippen molar-refractivity contribution in [1.82, 2.24) is 0 Å². The van der Waals surface area contributed by atoms with Gasteiger partial charge in [-0.15, -0.1) is 0 Å². The third kappa shape index (κ3) is 3.79. The van der Waals surface area contributed by atoms with Gasteiger partial charge in [0.25, 0.3) is 0 Å². The molecule has 0 aliphatic heterocycles. The standard InChI is InChI=1S/C19H14BrFO4/c1-2-3-11-8-18(22)25-17-10-13(5-7-14(11)17)24-19(23)15-6-4-12(21)9-16(15)20/h4-10H,2-3H2,1H3. The Bertz CT molecular complexity index is 1010. The van der Waals surface area contributed by atoms with Crippen molar-refractivity contribution in [2.24, 2.45) is 0 Å². The molecular formula is C19H14BrFO4. The normalized spacial score (nSPS) is 10.8. The van der Waals surface area contributed by atoms with E-state index in [0.717, 1.165) is 23.8 Å². The average molecular weight is 405 g/mol. The molecule has 0 amide bonds. The molecule has 0 fully saturated rings. The molecule has 0 bridgehead atoms. The van der Waals surface area contributed by atoms with Gasteiger partial charge in [-0.1, -0.05) is 13.3 Å². The third-order valence-corrected chi connectivity index (χ3v) is 4.34. The van der Waals surface area contributed by atoms with Gasteiger partial charge in [-0.3, -0.25) is 0 Å². The van der Waals surface area contributed by atoms with E-state index in [0.29, 0.717) is 10.1 Å². The lowest BCUT2D eigenvalue weighted by Gasteiger charge is -2.08. The molecule has 3 aromatic rings. The highest BCUT2D eigenvalue weighted by Gasteiger charge is 2.14. The van der Waals surface area contributed by atoms with Crippen LogP contribution in [-0.4, -0.2) is 5.97 Å². The molecule has 2 aromatic carbocycles. The van der Waals surface area contributed by atoms with E-state index in [1.807, 2.05) is 6.92 Å². The van der Waals surface area contributed by atoms with Gasteiger partial charge in [0.15, 0.2) is 0 Å². The van der Waals surface area contributed by atoms with E-state index in [1.165, 1.54) is 30.3 Å². The van der Waals surface area contributed by atoms with Crippen molar-refractivity contribution >= 4 is 32.9 Å². The number of halogens is 2. The van der Waals surface area contributed by atoms with Crippen molar-refractivity contribution in [3.05, 3.63) is 74.3 Å². The summed E-state index contributed by atoms with van der Waals surface area (Å²) in [5, 5.41) is 0.809. The molecule has 0 aliphatic carbocycles. The Hall–Kier alpha value is -2.47. The van der Waals surface area contributed by atoms with Gasteiger partial charge in [-0.25, -0.2) is 14.0 Å². The predicted octanol–water partition coefficient (Wildman–Crippen LogP) is 4.87. The minimum absolute atomic E-state index is 0.197. The van der Waals surface area contributed by atoms with Crippen LogP contribution in [0.4, 0.5) is 4.39 Å². The third-order valence-electron chi connectivity index (χ3n) is 3.68. The first-order chi connectivity index (χ1) is 12.0. The molecule has 0 saturated carbocycles. The first-order valence-corrected chi connectivity index (χ1v) is 8.51. The number of rotatable bonds is 4. The van der Waals surface area contributed by atoms with Gasteiger partial charge in [0, 0.05) is 22.0 Å². The molecule has 4 nitrogen and oxygen atoms in total. The zero-order chi connectivity index (χ0) is 18.0. The molecule has 0 unspecified atom stereocenters. The fourth-order valence-corrected chi connectivity index (χ4v) is 3.08. The molecule has 0 N–H and O–H groups in total. The second kappa shape index (κ2) is 7.19. The summed E-state index contributed by atoms with van der Waals surface area (Å²) in [6.45, 7) is 2.02. The Morgan fingerprint density at radius 3 is 2.72 bits per heavy atom. The molecule has 1 heterocycles. The van der Waals surface area contributed by atoms with Crippen LogP contribution in [0.15, 0.2) is 56.1 Å². The van der Waals surface area contributed by atoms with Crippen molar-refractivity contribution < 1.29 is 18.3 Å². The average Bonchev–Trinajstić information content (AvgIpc) is 2.54. The van der Waals surface area contributed by atoms with E-state index < -0.39 is 17.4 Å². The number of esters is 1. The summed E-state index contributed by atoms with van der Waals surface area (Å²) >= 11 is 3.14. The van der Waals surface area contributed by atoms with E-state index in [-0.39, 0.29) is 11.3 Å². The first kappa shape index (κ1) is 17.4. The van der Waals surface area contributed by atoms with Crippen LogP contribution in [0.2, 0.25) is 0 Å². The van der Waals surface area contributed by atoms with Gasteiger partial charge >= 0.3 is 11.6 Å². The van der Waals surface area contributed by atoms with Crippen LogP contribution in [0, 0.1) is 5.82 Å². The monoisotopic (exact) mass is 404 g/mol. The van der Waals surface area contributed by atoms with E-state index in [2.05, 4.69) is 15.9 Å². The summed E-state index contributed by atoms with van der Waals surface area (Å²) in [6.07, 6.45) is 1.65. The summed E-state index contributed by atoms with van der Waals surface area (Å²) in [7, 11) is 0. The van der Waals surface area contributed by atoms with Crippen LogP contribution >= 0.6 is 15.9 Å². The minimum atomic E-state index is -0.640. The smallest absolute Gasteiger partial charge is 0.344 e. The van der Waals surface area contributed by atoms with E-state index in [4.69, 9.17) is 9.15 Å². The summed E-state index contributed by atoms with van der Waals surface area (Å²) in [6, 6.07) is 10.1. The summed E-state index contributed by atoms with van der Waals surface area (Å²) in [4.78, 5) is 23.9. The van der Waals surface area contributed by atoms with Crippen LogP contribution in [0.3, 0.4) is 0 Å². The van der Waals surface area contributed by atoms with Crippen molar-refractivity contribution in [1.29, 1.82) is 0 Å². The number of carbonyl (C=O) groups excluding carboxylic acids is 1. The van der Waals surface area contributed by atoms with Crippen LogP contribution < -0.4 is 10.4 Å². The Balaban J connectivity index is 1.94. The SMILES string of the molecule is CCCc1cc(=O)oc2cc(OC(=O)c3ccc(F)cc3Br)ccc12. The molecule has 3 rings (SSSR count). The molecule has 6 heteroatoms. The van der Waals surface area contributed by atoms with Gasteiger partial charge in [-0.2, -0.15) is 0 Å². The molecule has 0 saturated heterocycles. The predicted molar refractivity (Wildman–Crippen MR) is 95.5 cm³/mol. The number of fused-ring (bicyclic) bond motifs is 1. The lowest BCUT2D eigenvalue weighted by Crippen LogP contribution is -2.09. The van der Waals surface area contributed by atoms with Gasteiger partial charge < -0.3 is 9.15 Å². The highest BCUT2D eigenvalue weighted by molar-refractivity contribution is 9.10. The molecule has 0 atom stereocenters. The van der Waals surface area contributed by atoms with Crippen LogP contribution in [-0.2, 0) is 6.42 Å². The number of aryl methyl sites for hydroxylation is 1. The summed E-state index contributed by atoms with van der Waals surface area (Å²) in [5.74, 6) is -0.858. The van der Waals surface area contributed by atoms with E-state index >= 15 is 0 Å². The Labute approximate surface area is 151 Å². The Kier molecular flexibility index (Phi) is 4.99. The quantitative estimate of drug-likeness (QED) is 0.353. The lowest BCUT2D eigenvalue weighted by molar-refractivity contribution is 0.0734. The molecule has 0 aliphatic rings. The van der Waals surface area contributed by atoms with Crippen molar-refractivity contribution in [2.75, 3.05) is 0 Å². The molecule has 128 valence electrons. The van der Waals surface area contributed by atoms with Crippen molar-refractivity contribution in [3.8, 4) is 5.75 Å². The first-order valence-electron chi connectivity index (χ1n) is 7.72. The molecule has 0 spiro atoms. The Morgan fingerprint density at radius 1 is 1.20 bits per heavy atom. The van der Waals surface area contributed by atoms with Gasteiger partial charge in [-0.05, 0) is 58.2 Å². The minimum Gasteiger partial charge on any atom is -0.423 e. The van der Waals surface area contributed by atoms with Crippen LogP contribution in [0.25, 0.3) is 11.0 Å². The van der Waals surface area contributed by atoms with Crippen LogP contribution in [0.5, 0.6) is 5.75 Å².